The zero-order valence-electron chi connectivity index (χ0n) is 10.8. The monoisotopic (exact) mass is 310 g/mol. The Kier molecular flexibility index (Phi) is 4.41. The molecule has 1 heterocycles. The maximum absolute atomic E-state index is 11.2. The summed E-state index contributed by atoms with van der Waals surface area (Å²) in [6, 6.07) is 7.12. The normalized spacial score (nSPS) is 10.3. The fourth-order valence-corrected chi connectivity index (χ4v) is 2.79. The molecule has 0 radical (unpaired) electrons. The standard InChI is InChI=1S/C12H11ClN4O2S/c1-7-10(17(18)19)11(16-12(14-2)15-7)20-9-6-4-3-5-8(9)13/h3-6H,1-2H3,(H,14,15,16). The summed E-state index contributed by atoms with van der Waals surface area (Å²) >= 11 is 7.22. The van der Waals surface area contributed by atoms with Crippen molar-refractivity contribution in [3.63, 3.8) is 0 Å². The van der Waals surface area contributed by atoms with Crippen molar-refractivity contribution in [1.82, 2.24) is 9.97 Å². The van der Waals surface area contributed by atoms with Crippen LogP contribution in [-0.4, -0.2) is 21.9 Å². The number of benzene rings is 1. The van der Waals surface area contributed by atoms with E-state index in [0.29, 0.717) is 21.6 Å². The number of aromatic nitrogens is 2. The summed E-state index contributed by atoms with van der Waals surface area (Å²) in [4.78, 5) is 19.6. The van der Waals surface area contributed by atoms with E-state index in [9.17, 15) is 10.1 Å². The van der Waals surface area contributed by atoms with Gasteiger partial charge in [0.25, 0.3) is 0 Å². The topological polar surface area (TPSA) is 81.0 Å². The van der Waals surface area contributed by atoms with E-state index in [1.54, 1.807) is 32.2 Å². The molecule has 0 spiro atoms. The van der Waals surface area contributed by atoms with Gasteiger partial charge in [0, 0.05) is 11.9 Å². The van der Waals surface area contributed by atoms with E-state index in [4.69, 9.17) is 11.6 Å². The average molecular weight is 311 g/mol. The molecule has 6 nitrogen and oxygen atoms in total. The number of nitrogens with zero attached hydrogens (tertiary/aromatic N) is 3. The van der Waals surface area contributed by atoms with Crippen molar-refractivity contribution in [3.8, 4) is 0 Å². The fourth-order valence-electron chi connectivity index (χ4n) is 1.57. The third-order valence-electron chi connectivity index (χ3n) is 2.48. The molecule has 20 heavy (non-hydrogen) atoms. The van der Waals surface area contributed by atoms with Crippen LogP contribution in [0.4, 0.5) is 11.6 Å². The van der Waals surface area contributed by atoms with Gasteiger partial charge in [-0.3, -0.25) is 10.1 Å². The van der Waals surface area contributed by atoms with E-state index in [1.165, 1.54) is 0 Å². The van der Waals surface area contributed by atoms with E-state index in [2.05, 4.69) is 15.3 Å². The van der Waals surface area contributed by atoms with Gasteiger partial charge in [-0.15, -0.1) is 0 Å². The second kappa shape index (κ2) is 6.06. The highest BCUT2D eigenvalue weighted by atomic mass is 35.5. The van der Waals surface area contributed by atoms with Crippen molar-refractivity contribution in [2.45, 2.75) is 16.8 Å². The van der Waals surface area contributed by atoms with Crippen molar-refractivity contribution >= 4 is 35.0 Å². The van der Waals surface area contributed by atoms with Gasteiger partial charge in [-0.2, -0.15) is 4.98 Å². The average Bonchev–Trinajstić information content (AvgIpc) is 2.40. The first kappa shape index (κ1) is 14.5. The zero-order valence-corrected chi connectivity index (χ0v) is 12.3. The quantitative estimate of drug-likeness (QED) is 0.528. The lowest BCUT2D eigenvalue weighted by molar-refractivity contribution is -0.389. The van der Waals surface area contributed by atoms with Gasteiger partial charge >= 0.3 is 5.69 Å². The summed E-state index contributed by atoms with van der Waals surface area (Å²) in [5.74, 6) is 0.336. The van der Waals surface area contributed by atoms with Crippen LogP contribution < -0.4 is 5.32 Å². The maximum Gasteiger partial charge on any atom is 0.322 e. The number of hydrogen-bond donors (Lipinski definition) is 1. The van der Waals surface area contributed by atoms with Crippen LogP contribution in [0.3, 0.4) is 0 Å². The number of rotatable bonds is 4. The van der Waals surface area contributed by atoms with Crippen molar-refractivity contribution in [2.24, 2.45) is 0 Å². The van der Waals surface area contributed by atoms with Crippen LogP contribution >= 0.6 is 23.4 Å². The predicted octanol–water partition coefficient (Wildman–Crippen LogP) is 3.54. The molecular weight excluding hydrogens is 300 g/mol. The molecule has 1 N–H and O–H groups in total. The minimum Gasteiger partial charge on any atom is -0.357 e. The highest BCUT2D eigenvalue weighted by Crippen LogP contribution is 2.38. The van der Waals surface area contributed by atoms with Crippen LogP contribution in [0.1, 0.15) is 5.69 Å². The number of anilines is 1. The Labute approximate surface area is 124 Å². The van der Waals surface area contributed by atoms with E-state index < -0.39 is 4.92 Å². The maximum atomic E-state index is 11.2. The molecule has 8 heteroatoms. The highest BCUT2D eigenvalue weighted by Gasteiger charge is 2.23. The summed E-state index contributed by atoms with van der Waals surface area (Å²) in [7, 11) is 1.66. The third-order valence-corrected chi connectivity index (χ3v) is 3.97. The predicted molar refractivity (Wildman–Crippen MR) is 78.5 cm³/mol. The molecule has 0 saturated carbocycles. The first-order chi connectivity index (χ1) is 9.52. The molecular formula is C12H11ClN4O2S. The van der Waals surface area contributed by atoms with Crippen molar-refractivity contribution in [3.05, 3.63) is 45.1 Å². The van der Waals surface area contributed by atoms with Crippen molar-refractivity contribution in [1.29, 1.82) is 0 Å². The number of halogens is 1. The molecule has 2 rings (SSSR count). The SMILES string of the molecule is CNc1nc(C)c([N+](=O)[O-])c(Sc2ccccc2Cl)n1. The van der Waals surface area contributed by atoms with Crippen LogP contribution in [0.25, 0.3) is 0 Å². The van der Waals surface area contributed by atoms with Gasteiger partial charge in [-0.05, 0) is 19.1 Å². The minimum absolute atomic E-state index is 0.103. The smallest absolute Gasteiger partial charge is 0.322 e. The summed E-state index contributed by atoms with van der Waals surface area (Å²) in [6.45, 7) is 1.58. The second-order valence-corrected chi connectivity index (χ2v) is 5.26. The first-order valence-corrected chi connectivity index (χ1v) is 6.85. The van der Waals surface area contributed by atoms with E-state index in [0.717, 1.165) is 11.8 Å². The molecule has 2 aromatic rings. The number of nitrogens with one attached hydrogen (secondary N) is 1. The lowest BCUT2D eigenvalue weighted by Gasteiger charge is -2.07. The lowest BCUT2D eigenvalue weighted by Crippen LogP contribution is -2.04. The van der Waals surface area contributed by atoms with Gasteiger partial charge in [-0.1, -0.05) is 35.5 Å². The van der Waals surface area contributed by atoms with E-state index >= 15 is 0 Å². The molecule has 0 saturated heterocycles. The summed E-state index contributed by atoms with van der Waals surface area (Å²) < 4.78 is 0. The molecule has 1 aromatic heterocycles. The van der Waals surface area contributed by atoms with Crippen molar-refractivity contribution in [2.75, 3.05) is 12.4 Å². The zero-order chi connectivity index (χ0) is 14.7. The molecule has 0 bridgehead atoms. The third kappa shape index (κ3) is 3.00. The Hall–Kier alpha value is -1.86. The molecule has 0 aliphatic rings. The molecule has 104 valence electrons. The van der Waals surface area contributed by atoms with Gasteiger partial charge in [0.15, 0.2) is 5.03 Å². The van der Waals surface area contributed by atoms with Crippen molar-refractivity contribution < 1.29 is 4.92 Å². The Morgan fingerprint density at radius 2 is 2.05 bits per heavy atom. The van der Waals surface area contributed by atoms with Gasteiger partial charge < -0.3 is 5.32 Å². The van der Waals surface area contributed by atoms with Gasteiger partial charge in [0.05, 0.1) is 9.95 Å². The Balaban J connectivity index is 2.52. The van der Waals surface area contributed by atoms with Crippen LogP contribution in [0.5, 0.6) is 0 Å². The molecule has 0 fully saturated rings. The van der Waals surface area contributed by atoms with E-state index in [-0.39, 0.29) is 10.7 Å². The molecule has 0 amide bonds. The molecule has 0 aliphatic carbocycles. The minimum atomic E-state index is -0.478. The Morgan fingerprint density at radius 3 is 2.65 bits per heavy atom. The largest absolute Gasteiger partial charge is 0.357 e. The number of hydrogen-bond acceptors (Lipinski definition) is 6. The summed E-state index contributed by atoms with van der Waals surface area (Å²) in [5.41, 5.74) is 0.206. The Morgan fingerprint density at radius 1 is 1.35 bits per heavy atom. The van der Waals surface area contributed by atoms with Gasteiger partial charge in [0.1, 0.15) is 5.69 Å². The second-order valence-electron chi connectivity index (χ2n) is 3.83. The summed E-state index contributed by atoms with van der Waals surface area (Å²) in [6.07, 6.45) is 0. The van der Waals surface area contributed by atoms with Gasteiger partial charge in [0.2, 0.25) is 5.95 Å². The van der Waals surface area contributed by atoms with Crippen LogP contribution in [0.2, 0.25) is 5.02 Å². The van der Waals surface area contributed by atoms with E-state index in [1.807, 2.05) is 6.07 Å². The number of nitro groups is 1. The fraction of sp³-hybridized carbons (Fsp3) is 0.167. The molecule has 1 aromatic carbocycles. The molecule has 0 atom stereocenters. The lowest BCUT2D eigenvalue weighted by atomic mass is 10.4. The van der Waals surface area contributed by atoms with Gasteiger partial charge in [-0.25, -0.2) is 4.98 Å². The molecule has 0 aliphatic heterocycles. The summed E-state index contributed by atoms with van der Waals surface area (Å²) in [5, 5.41) is 14.7. The van der Waals surface area contributed by atoms with Crippen LogP contribution in [0.15, 0.2) is 34.2 Å². The highest BCUT2D eigenvalue weighted by molar-refractivity contribution is 7.99. The van der Waals surface area contributed by atoms with Crippen LogP contribution in [-0.2, 0) is 0 Å². The van der Waals surface area contributed by atoms with Crippen LogP contribution in [0, 0.1) is 17.0 Å². The number of aryl methyl sites for hydroxylation is 1. The first-order valence-electron chi connectivity index (χ1n) is 5.66. The Bertz CT molecular complexity index is 666. The molecule has 0 unspecified atom stereocenters.